The molecule has 0 unspecified atom stereocenters. The average Bonchev–Trinajstić information content (AvgIpc) is 2.86. The van der Waals surface area contributed by atoms with Gasteiger partial charge in [-0.1, -0.05) is 28.9 Å². The number of hydrogen-bond donors (Lipinski definition) is 2. The minimum absolute atomic E-state index is 0.0852. The van der Waals surface area contributed by atoms with Crippen LogP contribution in [0.25, 0.3) is 0 Å². The Hall–Kier alpha value is -1.92. The van der Waals surface area contributed by atoms with Gasteiger partial charge in [0.05, 0.1) is 11.9 Å². The molecular weight excluding hydrogens is 290 g/mol. The van der Waals surface area contributed by atoms with Crippen LogP contribution in [0.4, 0.5) is 0 Å². The molecule has 0 saturated carbocycles. The van der Waals surface area contributed by atoms with Gasteiger partial charge in [0.1, 0.15) is 6.54 Å². The van der Waals surface area contributed by atoms with Crippen LogP contribution in [0.2, 0.25) is 5.02 Å². The molecule has 2 aromatic rings. The van der Waals surface area contributed by atoms with E-state index >= 15 is 0 Å². The van der Waals surface area contributed by atoms with Gasteiger partial charge in [-0.3, -0.25) is 4.79 Å². The third kappa shape index (κ3) is 5.17. The molecule has 0 atom stereocenters. The Morgan fingerprint density at radius 3 is 3.05 bits per heavy atom. The molecule has 2 rings (SSSR count). The zero-order valence-electron chi connectivity index (χ0n) is 11.8. The lowest BCUT2D eigenvalue weighted by Crippen LogP contribution is -2.29. The third-order valence-corrected chi connectivity index (χ3v) is 3.11. The highest BCUT2D eigenvalue weighted by molar-refractivity contribution is 6.30. The number of benzene rings is 1. The van der Waals surface area contributed by atoms with Gasteiger partial charge in [-0.25, -0.2) is 4.68 Å². The van der Waals surface area contributed by atoms with Crippen molar-refractivity contribution in [3.63, 3.8) is 0 Å². The SMILES string of the molecule is CNCc1cn(CC(=O)NCCc2cccc(Cl)c2)nn1. The Morgan fingerprint density at radius 1 is 1.43 bits per heavy atom. The molecule has 0 aliphatic rings. The van der Waals surface area contributed by atoms with E-state index in [1.165, 1.54) is 4.68 Å². The molecule has 0 aliphatic carbocycles. The van der Waals surface area contributed by atoms with Gasteiger partial charge in [0, 0.05) is 18.1 Å². The first-order valence-corrected chi connectivity index (χ1v) is 7.10. The van der Waals surface area contributed by atoms with Gasteiger partial charge in [0.15, 0.2) is 0 Å². The van der Waals surface area contributed by atoms with E-state index in [9.17, 15) is 4.79 Å². The molecule has 7 heteroatoms. The van der Waals surface area contributed by atoms with Crippen LogP contribution in [0.1, 0.15) is 11.3 Å². The maximum absolute atomic E-state index is 11.8. The second kappa shape index (κ2) is 7.75. The maximum atomic E-state index is 11.8. The Bertz CT molecular complexity index is 599. The summed E-state index contributed by atoms with van der Waals surface area (Å²) in [5.41, 5.74) is 1.91. The number of nitrogens with zero attached hydrogens (tertiary/aromatic N) is 3. The first-order valence-electron chi connectivity index (χ1n) is 6.72. The van der Waals surface area contributed by atoms with Gasteiger partial charge in [0.2, 0.25) is 5.91 Å². The summed E-state index contributed by atoms with van der Waals surface area (Å²) in [5, 5.41) is 14.4. The number of amides is 1. The predicted octanol–water partition coefficient (Wildman–Crippen LogP) is 1.01. The summed E-state index contributed by atoms with van der Waals surface area (Å²) in [5.74, 6) is -0.0852. The van der Waals surface area contributed by atoms with E-state index in [1.807, 2.05) is 31.3 Å². The van der Waals surface area contributed by atoms with Crippen molar-refractivity contribution in [2.24, 2.45) is 0 Å². The van der Waals surface area contributed by atoms with E-state index in [-0.39, 0.29) is 12.5 Å². The Balaban J connectivity index is 1.74. The van der Waals surface area contributed by atoms with Crippen LogP contribution in [-0.2, 0) is 24.3 Å². The highest BCUT2D eigenvalue weighted by Crippen LogP contribution is 2.10. The number of carbonyl (C=O) groups is 1. The second-order valence-electron chi connectivity index (χ2n) is 4.67. The largest absolute Gasteiger partial charge is 0.354 e. The van der Waals surface area contributed by atoms with Gasteiger partial charge in [-0.15, -0.1) is 5.10 Å². The maximum Gasteiger partial charge on any atom is 0.241 e. The monoisotopic (exact) mass is 307 g/mol. The van der Waals surface area contributed by atoms with Crippen molar-refractivity contribution in [3.8, 4) is 0 Å². The van der Waals surface area contributed by atoms with Gasteiger partial charge < -0.3 is 10.6 Å². The number of halogens is 1. The lowest BCUT2D eigenvalue weighted by Gasteiger charge is -2.05. The summed E-state index contributed by atoms with van der Waals surface area (Å²) in [6, 6.07) is 7.62. The molecule has 1 amide bonds. The molecule has 0 spiro atoms. The molecule has 112 valence electrons. The number of carbonyl (C=O) groups excluding carboxylic acids is 1. The summed E-state index contributed by atoms with van der Waals surface area (Å²) in [7, 11) is 1.83. The van der Waals surface area contributed by atoms with Crippen LogP contribution < -0.4 is 10.6 Å². The molecule has 1 aromatic heterocycles. The number of nitrogens with one attached hydrogen (secondary N) is 2. The van der Waals surface area contributed by atoms with Gasteiger partial charge >= 0.3 is 0 Å². The molecule has 0 saturated heterocycles. The van der Waals surface area contributed by atoms with Crippen LogP contribution in [-0.4, -0.2) is 34.5 Å². The fraction of sp³-hybridized carbons (Fsp3) is 0.357. The molecule has 2 N–H and O–H groups in total. The van der Waals surface area contributed by atoms with E-state index in [0.29, 0.717) is 18.1 Å². The van der Waals surface area contributed by atoms with Gasteiger partial charge in [-0.05, 0) is 31.2 Å². The van der Waals surface area contributed by atoms with Crippen LogP contribution in [0.5, 0.6) is 0 Å². The fourth-order valence-corrected chi connectivity index (χ4v) is 2.13. The van der Waals surface area contributed by atoms with E-state index in [4.69, 9.17) is 11.6 Å². The van der Waals surface area contributed by atoms with Crippen molar-refractivity contribution >= 4 is 17.5 Å². The zero-order valence-corrected chi connectivity index (χ0v) is 12.6. The molecule has 0 bridgehead atoms. The lowest BCUT2D eigenvalue weighted by atomic mass is 10.1. The first kappa shape index (κ1) is 15.5. The van der Waals surface area contributed by atoms with Gasteiger partial charge in [0.25, 0.3) is 0 Å². The van der Waals surface area contributed by atoms with Crippen molar-refractivity contribution in [3.05, 3.63) is 46.7 Å². The smallest absolute Gasteiger partial charge is 0.241 e. The molecule has 6 nitrogen and oxygen atoms in total. The van der Waals surface area contributed by atoms with Gasteiger partial charge in [-0.2, -0.15) is 0 Å². The van der Waals surface area contributed by atoms with E-state index in [1.54, 1.807) is 6.20 Å². The summed E-state index contributed by atoms with van der Waals surface area (Å²) in [6.07, 6.45) is 2.50. The Morgan fingerprint density at radius 2 is 2.29 bits per heavy atom. The molecule has 0 radical (unpaired) electrons. The Labute approximate surface area is 128 Å². The molecule has 1 aromatic carbocycles. The molecular formula is C14H18ClN5O. The van der Waals surface area contributed by atoms with Crippen molar-refractivity contribution in [1.82, 2.24) is 25.6 Å². The number of rotatable bonds is 7. The van der Waals surface area contributed by atoms with E-state index in [2.05, 4.69) is 20.9 Å². The third-order valence-electron chi connectivity index (χ3n) is 2.87. The lowest BCUT2D eigenvalue weighted by molar-refractivity contribution is -0.121. The predicted molar refractivity (Wildman–Crippen MR) is 81.0 cm³/mol. The van der Waals surface area contributed by atoms with Crippen LogP contribution in [0, 0.1) is 0 Å². The van der Waals surface area contributed by atoms with Crippen LogP contribution in [0.3, 0.4) is 0 Å². The highest BCUT2D eigenvalue weighted by atomic mass is 35.5. The van der Waals surface area contributed by atoms with Crippen LogP contribution in [0.15, 0.2) is 30.5 Å². The molecule has 0 aliphatic heterocycles. The fourth-order valence-electron chi connectivity index (χ4n) is 1.92. The number of hydrogen-bond acceptors (Lipinski definition) is 4. The summed E-state index contributed by atoms with van der Waals surface area (Å²) in [6.45, 7) is 1.37. The average molecular weight is 308 g/mol. The molecule has 1 heterocycles. The van der Waals surface area contributed by atoms with Crippen molar-refractivity contribution in [2.45, 2.75) is 19.5 Å². The highest BCUT2D eigenvalue weighted by Gasteiger charge is 2.05. The summed E-state index contributed by atoms with van der Waals surface area (Å²) in [4.78, 5) is 11.8. The summed E-state index contributed by atoms with van der Waals surface area (Å²) < 4.78 is 1.53. The topological polar surface area (TPSA) is 71.8 Å². The van der Waals surface area contributed by atoms with Crippen molar-refractivity contribution in [1.29, 1.82) is 0 Å². The Kier molecular flexibility index (Phi) is 5.71. The van der Waals surface area contributed by atoms with Crippen molar-refractivity contribution in [2.75, 3.05) is 13.6 Å². The normalized spacial score (nSPS) is 10.6. The minimum atomic E-state index is -0.0852. The first-order chi connectivity index (χ1) is 10.2. The molecule has 21 heavy (non-hydrogen) atoms. The standard InChI is InChI=1S/C14H18ClN5O/c1-16-8-13-9-20(19-18-13)10-14(21)17-6-5-11-3-2-4-12(15)7-11/h2-4,7,9,16H,5-6,8,10H2,1H3,(H,17,21). The zero-order chi connectivity index (χ0) is 15.1. The van der Waals surface area contributed by atoms with Crippen LogP contribution >= 0.6 is 11.6 Å². The molecule has 0 fully saturated rings. The quantitative estimate of drug-likeness (QED) is 0.801. The number of aromatic nitrogens is 3. The second-order valence-corrected chi connectivity index (χ2v) is 5.10. The van der Waals surface area contributed by atoms with E-state index < -0.39 is 0 Å². The summed E-state index contributed by atoms with van der Waals surface area (Å²) >= 11 is 5.91. The van der Waals surface area contributed by atoms with E-state index in [0.717, 1.165) is 17.7 Å². The van der Waals surface area contributed by atoms with Crippen molar-refractivity contribution < 1.29 is 4.79 Å². The minimum Gasteiger partial charge on any atom is -0.354 e.